The van der Waals surface area contributed by atoms with E-state index in [0.29, 0.717) is 29.9 Å². The molecule has 0 bridgehead atoms. The summed E-state index contributed by atoms with van der Waals surface area (Å²) in [5.74, 6) is -1.43. The summed E-state index contributed by atoms with van der Waals surface area (Å²) in [6.07, 6.45) is 0.474. The van der Waals surface area contributed by atoms with Gasteiger partial charge in [-0.2, -0.15) is 5.26 Å². The first-order chi connectivity index (χ1) is 19.7. The first-order valence-corrected chi connectivity index (χ1v) is 17.6. The van der Waals surface area contributed by atoms with Crippen molar-refractivity contribution in [3.8, 4) is 6.07 Å². The zero-order chi connectivity index (χ0) is 31.2. The standard InChI is InChI=1S/C30H37N3O7SSi/c1-7-41-28-24(16-17-40-42(5,6)30(2,3)4)27(35)32(28)25(26(34)22-12-8-20(18-31)9-13-22)29(36)39-19-21-10-14-23(15-11-21)33(37)38/h8-15,24,28,34H,7,16-17,19H2,1-6H3/t24-,28+/m0/s1. The van der Waals surface area contributed by atoms with Crippen molar-refractivity contribution < 1.29 is 28.8 Å². The zero-order valence-corrected chi connectivity index (χ0v) is 26.6. The first-order valence-electron chi connectivity index (χ1n) is 13.6. The molecule has 1 amide bonds. The zero-order valence-electron chi connectivity index (χ0n) is 24.7. The Kier molecular flexibility index (Phi) is 10.6. The number of nitrogens with zero attached hydrogens (tertiary/aromatic N) is 3. The number of benzene rings is 2. The second-order valence-electron chi connectivity index (χ2n) is 11.4. The third-order valence-electron chi connectivity index (χ3n) is 7.65. The van der Waals surface area contributed by atoms with Crippen LogP contribution in [-0.2, 0) is 25.4 Å². The second kappa shape index (κ2) is 13.5. The minimum Gasteiger partial charge on any atom is -0.505 e. The monoisotopic (exact) mass is 611 g/mol. The smallest absolute Gasteiger partial charge is 0.359 e. The van der Waals surface area contributed by atoms with E-state index in [4.69, 9.17) is 14.4 Å². The third kappa shape index (κ3) is 7.39. The van der Waals surface area contributed by atoms with Gasteiger partial charge in [-0.3, -0.25) is 19.8 Å². The number of nitro groups is 1. The van der Waals surface area contributed by atoms with Crippen LogP contribution in [0.1, 0.15) is 50.8 Å². The summed E-state index contributed by atoms with van der Waals surface area (Å²) < 4.78 is 11.8. The number of aliphatic hydroxyl groups excluding tert-OH is 1. The molecule has 0 unspecified atom stereocenters. The predicted molar refractivity (Wildman–Crippen MR) is 164 cm³/mol. The average Bonchev–Trinajstić information content (AvgIpc) is 2.95. The van der Waals surface area contributed by atoms with Gasteiger partial charge in [0.15, 0.2) is 19.8 Å². The number of carbonyl (C=O) groups excluding carboxylic acids is 2. The van der Waals surface area contributed by atoms with Gasteiger partial charge in [0.1, 0.15) is 6.61 Å². The molecule has 1 N–H and O–H groups in total. The number of thioether (sulfide) groups is 1. The number of β-lactam (4-membered cyclic amide) rings is 1. The highest BCUT2D eigenvalue weighted by Crippen LogP contribution is 2.43. The molecule has 0 radical (unpaired) electrons. The van der Waals surface area contributed by atoms with Gasteiger partial charge in [0.05, 0.1) is 27.8 Å². The third-order valence-corrected chi connectivity index (χ3v) is 13.4. The molecule has 2 atom stereocenters. The van der Waals surface area contributed by atoms with Crippen LogP contribution in [0.25, 0.3) is 5.76 Å². The summed E-state index contributed by atoms with van der Waals surface area (Å²) in [7, 11) is -2.02. The van der Waals surface area contributed by atoms with Gasteiger partial charge in [0, 0.05) is 24.3 Å². The summed E-state index contributed by atoms with van der Waals surface area (Å²) in [5.41, 5.74) is 0.725. The van der Waals surface area contributed by atoms with Gasteiger partial charge >= 0.3 is 5.97 Å². The number of rotatable bonds is 12. The Morgan fingerprint density at radius 3 is 2.31 bits per heavy atom. The number of nitro benzene ring substituents is 1. The number of nitriles is 1. The minimum absolute atomic E-state index is 0.0243. The SMILES string of the molecule is CCS[C@@H]1[C@@H](CCO[Si](C)(C)C(C)(C)C)C(=O)N1C(C(=O)OCc1ccc([N+](=O)[O-])cc1)=C(O)c1ccc(C#N)cc1. The second-order valence-corrected chi connectivity index (χ2v) is 17.6. The van der Waals surface area contributed by atoms with Gasteiger partial charge in [-0.15, -0.1) is 11.8 Å². The van der Waals surface area contributed by atoms with E-state index in [-0.39, 0.29) is 34.5 Å². The molecular formula is C30H37N3O7SSi. The van der Waals surface area contributed by atoms with Crippen LogP contribution in [0, 0.1) is 27.4 Å². The summed E-state index contributed by atoms with van der Waals surface area (Å²) in [6, 6.07) is 13.5. The molecule has 0 saturated carbocycles. The van der Waals surface area contributed by atoms with Crippen molar-refractivity contribution in [3.05, 3.63) is 81.0 Å². The van der Waals surface area contributed by atoms with Crippen LogP contribution < -0.4 is 0 Å². The fraction of sp³-hybridized carbons (Fsp3) is 0.433. The molecule has 42 heavy (non-hydrogen) atoms. The average molecular weight is 612 g/mol. The van der Waals surface area contributed by atoms with E-state index in [2.05, 4.69) is 33.9 Å². The quantitative estimate of drug-likeness (QED) is 0.0549. The summed E-state index contributed by atoms with van der Waals surface area (Å²) in [4.78, 5) is 38.8. The van der Waals surface area contributed by atoms with Crippen molar-refractivity contribution in [2.75, 3.05) is 12.4 Å². The van der Waals surface area contributed by atoms with Gasteiger partial charge in [0.2, 0.25) is 5.91 Å². The predicted octanol–water partition coefficient (Wildman–Crippen LogP) is 6.39. The summed E-state index contributed by atoms with van der Waals surface area (Å²) in [5, 5.41) is 31.0. The number of carbonyl (C=O) groups is 2. The van der Waals surface area contributed by atoms with Gasteiger partial charge in [-0.05, 0) is 72.3 Å². The number of amides is 1. The molecule has 0 spiro atoms. The Morgan fingerprint density at radius 2 is 1.79 bits per heavy atom. The van der Waals surface area contributed by atoms with Crippen LogP contribution in [0.3, 0.4) is 0 Å². The molecule has 3 rings (SSSR count). The lowest BCUT2D eigenvalue weighted by Crippen LogP contribution is -2.60. The molecule has 0 aliphatic carbocycles. The minimum atomic E-state index is -2.02. The number of aliphatic hydroxyl groups is 1. The molecule has 1 aliphatic heterocycles. The lowest BCUT2D eigenvalue weighted by Gasteiger charge is -2.47. The normalized spacial score (nSPS) is 17.6. The topological polar surface area (TPSA) is 143 Å². The fourth-order valence-electron chi connectivity index (χ4n) is 4.13. The maximum Gasteiger partial charge on any atom is 0.359 e. The van der Waals surface area contributed by atoms with Crippen molar-refractivity contribution in [1.29, 1.82) is 5.26 Å². The molecule has 224 valence electrons. The molecular weight excluding hydrogens is 574 g/mol. The highest BCUT2D eigenvalue weighted by molar-refractivity contribution is 8.00. The first kappa shape index (κ1) is 32.8. The van der Waals surface area contributed by atoms with Crippen LogP contribution in [0.15, 0.2) is 54.2 Å². The van der Waals surface area contributed by atoms with Crippen LogP contribution in [-0.4, -0.2) is 52.9 Å². The van der Waals surface area contributed by atoms with Gasteiger partial charge < -0.3 is 14.3 Å². The van der Waals surface area contributed by atoms with Crippen LogP contribution in [0.4, 0.5) is 5.69 Å². The van der Waals surface area contributed by atoms with Crippen molar-refractivity contribution in [3.63, 3.8) is 0 Å². The highest BCUT2D eigenvalue weighted by Gasteiger charge is 2.51. The number of ether oxygens (including phenoxy) is 1. The Bertz CT molecular complexity index is 1380. The van der Waals surface area contributed by atoms with E-state index < -0.39 is 36.3 Å². The number of likely N-dealkylation sites (tertiary alicyclic amines) is 1. The Morgan fingerprint density at radius 1 is 1.17 bits per heavy atom. The van der Waals surface area contributed by atoms with Crippen LogP contribution >= 0.6 is 11.8 Å². The lowest BCUT2D eigenvalue weighted by molar-refractivity contribution is -0.384. The Labute approximate surface area is 251 Å². The maximum absolute atomic E-state index is 13.6. The molecule has 12 heteroatoms. The Hall–Kier alpha value is -3.66. The van der Waals surface area contributed by atoms with Gasteiger partial charge in [-0.25, -0.2) is 4.79 Å². The van der Waals surface area contributed by atoms with E-state index in [9.17, 15) is 24.8 Å². The van der Waals surface area contributed by atoms with Crippen LogP contribution in [0.2, 0.25) is 18.1 Å². The molecule has 1 saturated heterocycles. The van der Waals surface area contributed by atoms with E-state index in [1.54, 1.807) is 0 Å². The molecule has 2 aromatic carbocycles. The fourth-order valence-corrected chi connectivity index (χ4v) is 6.37. The molecule has 0 aromatic heterocycles. The van der Waals surface area contributed by atoms with E-state index in [1.165, 1.54) is 65.2 Å². The highest BCUT2D eigenvalue weighted by atomic mass is 32.2. The van der Waals surface area contributed by atoms with Gasteiger partial charge in [-0.1, -0.05) is 27.7 Å². The van der Waals surface area contributed by atoms with Gasteiger partial charge in [0.25, 0.3) is 5.69 Å². The number of esters is 1. The maximum atomic E-state index is 13.6. The van der Waals surface area contributed by atoms with E-state index in [1.807, 2.05) is 13.0 Å². The van der Waals surface area contributed by atoms with Crippen molar-refractivity contribution in [2.24, 2.45) is 5.92 Å². The lowest BCUT2D eigenvalue weighted by atomic mass is 9.93. The van der Waals surface area contributed by atoms with Crippen LogP contribution in [0.5, 0.6) is 0 Å². The largest absolute Gasteiger partial charge is 0.505 e. The summed E-state index contributed by atoms with van der Waals surface area (Å²) >= 11 is 1.49. The number of non-ortho nitro benzene ring substituents is 1. The molecule has 1 heterocycles. The molecule has 1 fully saturated rings. The molecule has 10 nitrogen and oxygen atoms in total. The van der Waals surface area contributed by atoms with Crippen molar-refractivity contribution >= 4 is 43.4 Å². The number of hydrogen-bond donors (Lipinski definition) is 1. The summed E-state index contributed by atoms with van der Waals surface area (Å²) in [6.45, 7) is 12.9. The Balaban J connectivity index is 1.89. The van der Waals surface area contributed by atoms with E-state index >= 15 is 0 Å². The number of hydrogen-bond acceptors (Lipinski definition) is 9. The van der Waals surface area contributed by atoms with Crippen molar-refractivity contribution in [2.45, 2.75) is 64.2 Å². The molecule has 1 aliphatic rings. The van der Waals surface area contributed by atoms with Crippen molar-refractivity contribution in [1.82, 2.24) is 4.90 Å². The molecule has 2 aromatic rings. The van der Waals surface area contributed by atoms with E-state index in [0.717, 1.165) is 0 Å².